The number of hydrogen-bond acceptors (Lipinski definition) is 2. The fourth-order valence-corrected chi connectivity index (χ4v) is 9.99. The van der Waals surface area contributed by atoms with Gasteiger partial charge in [-0.25, -0.2) is 9.97 Å². The van der Waals surface area contributed by atoms with Gasteiger partial charge in [-0.05, 0) is 112 Å². The Kier molecular flexibility index (Phi) is 6.63. The highest BCUT2D eigenvalue weighted by atomic mass is 14.7. The van der Waals surface area contributed by atoms with Crippen molar-refractivity contribution < 1.29 is 0 Å². The van der Waals surface area contributed by atoms with Crippen LogP contribution in [0.5, 0.6) is 0 Å². The van der Waals surface area contributed by atoms with Crippen LogP contribution < -0.4 is 0 Å². The molecule has 0 radical (unpaired) electrons. The molecule has 12 aromatic rings. The van der Waals surface area contributed by atoms with Crippen molar-refractivity contribution in [1.82, 2.24) is 9.97 Å². The van der Waals surface area contributed by atoms with Gasteiger partial charge >= 0.3 is 0 Å². The van der Waals surface area contributed by atoms with E-state index in [0.717, 1.165) is 22.1 Å². The van der Waals surface area contributed by atoms with E-state index in [1.54, 1.807) is 0 Å². The van der Waals surface area contributed by atoms with Crippen LogP contribution in [0.3, 0.4) is 0 Å². The molecular formula is C56H42N2. The first-order chi connectivity index (χ1) is 28.0. The molecule has 0 aliphatic rings. The summed E-state index contributed by atoms with van der Waals surface area (Å²) in [5.74, 6) is 0. The van der Waals surface area contributed by atoms with Crippen LogP contribution in [0, 0.1) is 0 Å². The van der Waals surface area contributed by atoms with Crippen molar-refractivity contribution in [2.45, 2.75) is 52.4 Å². The van der Waals surface area contributed by atoms with E-state index >= 15 is 0 Å². The first-order valence-electron chi connectivity index (χ1n) is 20.6. The minimum absolute atomic E-state index is 0.0931. The SMILES string of the molecule is CC(C)(C)c1ccc2cc(-c3c4ccccc4c4nc5ccc6c(-c7ccc8cc(C(C)(C)C)ccc8c7)c7ccccc7c7nc8ccc3c4c8c5c67)ccc2c1. The van der Waals surface area contributed by atoms with Gasteiger partial charge in [0.1, 0.15) is 0 Å². The molecule has 0 unspecified atom stereocenters. The number of nitrogens with zero attached hydrogens (tertiary/aromatic N) is 2. The molecule has 2 heterocycles. The van der Waals surface area contributed by atoms with Crippen molar-refractivity contribution in [2.75, 3.05) is 0 Å². The smallest absolute Gasteiger partial charge is 0.0801 e. The van der Waals surface area contributed by atoms with Gasteiger partial charge in [0.2, 0.25) is 0 Å². The number of benzene rings is 10. The molecule has 0 aliphatic heterocycles. The van der Waals surface area contributed by atoms with Gasteiger partial charge < -0.3 is 0 Å². The summed E-state index contributed by atoms with van der Waals surface area (Å²) in [6, 6.07) is 54.6. The fourth-order valence-electron chi connectivity index (χ4n) is 9.99. The van der Waals surface area contributed by atoms with Gasteiger partial charge in [-0.1, -0.05) is 163 Å². The van der Waals surface area contributed by atoms with Gasteiger partial charge in [0, 0.05) is 32.3 Å². The van der Waals surface area contributed by atoms with Crippen LogP contribution in [-0.4, -0.2) is 9.97 Å². The molecule has 0 aliphatic carbocycles. The van der Waals surface area contributed by atoms with Gasteiger partial charge in [0.25, 0.3) is 0 Å². The average molecular weight is 743 g/mol. The number of pyridine rings is 2. The molecule has 2 aromatic heterocycles. The van der Waals surface area contributed by atoms with Gasteiger partial charge in [0.05, 0.1) is 22.1 Å². The first kappa shape index (κ1) is 33.5. The topological polar surface area (TPSA) is 25.8 Å². The summed E-state index contributed by atoms with van der Waals surface area (Å²) >= 11 is 0. The molecule has 10 aromatic carbocycles. The van der Waals surface area contributed by atoms with E-state index in [0.29, 0.717) is 0 Å². The van der Waals surface area contributed by atoms with Gasteiger partial charge in [-0.2, -0.15) is 0 Å². The Morgan fingerprint density at radius 3 is 1.12 bits per heavy atom. The molecule has 0 bridgehead atoms. The van der Waals surface area contributed by atoms with Crippen molar-refractivity contribution in [3.8, 4) is 22.3 Å². The average Bonchev–Trinajstić information content (AvgIpc) is 3.23. The largest absolute Gasteiger partial charge is 0.247 e. The third kappa shape index (κ3) is 4.66. The Hall–Kier alpha value is -6.64. The third-order valence-corrected chi connectivity index (χ3v) is 13.0. The summed E-state index contributed by atoms with van der Waals surface area (Å²) in [6.45, 7) is 13.7. The lowest BCUT2D eigenvalue weighted by Crippen LogP contribution is -2.10. The number of rotatable bonds is 2. The Bertz CT molecular complexity index is 3440. The van der Waals surface area contributed by atoms with E-state index in [9.17, 15) is 0 Å². The molecule has 0 saturated carbocycles. The second-order valence-electron chi connectivity index (χ2n) is 18.6. The maximum Gasteiger partial charge on any atom is 0.0801 e. The molecule has 12 rings (SSSR count). The minimum Gasteiger partial charge on any atom is -0.247 e. The summed E-state index contributed by atoms with van der Waals surface area (Å²) in [5, 5.41) is 17.0. The van der Waals surface area contributed by atoms with Crippen LogP contribution in [0.4, 0.5) is 0 Å². The summed E-state index contributed by atoms with van der Waals surface area (Å²) in [5.41, 5.74) is 11.9. The van der Waals surface area contributed by atoms with E-state index in [1.807, 2.05) is 0 Å². The highest BCUT2D eigenvalue weighted by molar-refractivity contribution is 6.41. The van der Waals surface area contributed by atoms with Crippen LogP contribution in [0.25, 0.3) is 120 Å². The normalized spacial score (nSPS) is 13.0. The number of fused-ring (bicyclic) bond motifs is 6. The van der Waals surface area contributed by atoms with Crippen LogP contribution in [-0.2, 0) is 10.8 Å². The molecule has 0 spiro atoms. The third-order valence-electron chi connectivity index (χ3n) is 13.0. The van der Waals surface area contributed by atoms with Crippen LogP contribution in [0.2, 0.25) is 0 Å². The van der Waals surface area contributed by atoms with Crippen molar-refractivity contribution in [1.29, 1.82) is 0 Å². The lowest BCUT2D eigenvalue weighted by molar-refractivity contribution is 0.591. The quantitative estimate of drug-likeness (QED) is 0.130. The zero-order valence-corrected chi connectivity index (χ0v) is 33.8. The standard InChI is InChI=1S/C56H42N2/c1-55(2,3)37-21-19-31-27-35(17-15-33(31)29-37)47-39-11-7-9-13-41(39)53-49-43(47)23-25-45-51(49)52-46(57-53)26-24-44-48(40-12-8-10-14-42(40)54(58-45)50(44)52)36-18-16-34-30-38(56(4,5)6)22-20-32(34)28-36/h7-30H,1-6H3. The molecular weight excluding hydrogens is 701 g/mol. The van der Waals surface area contributed by atoms with Crippen LogP contribution in [0.1, 0.15) is 52.7 Å². The maximum atomic E-state index is 5.60. The van der Waals surface area contributed by atoms with Crippen molar-refractivity contribution in [3.05, 3.63) is 157 Å². The second-order valence-corrected chi connectivity index (χ2v) is 18.6. The predicted octanol–water partition coefficient (Wildman–Crippen LogP) is 15.7. The summed E-state index contributed by atoms with van der Waals surface area (Å²) in [6.07, 6.45) is 0. The zero-order valence-electron chi connectivity index (χ0n) is 33.8. The summed E-state index contributed by atoms with van der Waals surface area (Å²) < 4.78 is 0. The molecule has 58 heavy (non-hydrogen) atoms. The monoisotopic (exact) mass is 742 g/mol. The van der Waals surface area contributed by atoms with Crippen molar-refractivity contribution in [2.24, 2.45) is 0 Å². The van der Waals surface area contributed by atoms with E-state index in [-0.39, 0.29) is 10.8 Å². The zero-order chi connectivity index (χ0) is 39.2. The van der Waals surface area contributed by atoms with E-state index in [1.165, 1.54) is 109 Å². The number of aromatic nitrogens is 2. The maximum absolute atomic E-state index is 5.60. The van der Waals surface area contributed by atoms with Crippen molar-refractivity contribution >= 4 is 97.5 Å². The summed E-state index contributed by atoms with van der Waals surface area (Å²) in [7, 11) is 0. The predicted molar refractivity (Wildman–Crippen MR) is 250 cm³/mol. The van der Waals surface area contributed by atoms with E-state index in [4.69, 9.17) is 9.97 Å². The lowest BCUT2D eigenvalue weighted by Gasteiger charge is -2.22. The molecule has 2 nitrogen and oxygen atoms in total. The van der Waals surface area contributed by atoms with Crippen LogP contribution >= 0.6 is 0 Å². The van der Waals surface area contributed by atoms with E-state index in [2.05, 4.69) is 187 Å². The molecule has 0 fully saturated rings. The molecule has 0 amide bonds. The fraction of sp³-hybridized carbons (Fsp3) is 0.143. The van der Waals surface area contributed by atoms with Gasteiger partial charge in [-0.15, -0.1) is 0 Å². The Morgan fingerprint density at radius 2 is 0.707 bits per heavy atom. The molecule has 0 N–H and O–H groups in total. The number of hydrogen-bond donors (Lipinski definition) is 0. The first-order valence-corrected chi connectivity index (χ1v) is 20.6. The molecule has 0 saturated heterocycles. The highest BCUT2D eigenvalue weighted by Gasteiger charge is 2.25. The molecule has 0 atom stereocenters. The Morgan fingerprint density at radius 1 is 0.328 bits per heavy atom. The Balaban J connectivity index is 1.18. The van der Waals surface area contributed by atoms with Crippen LogP contribution in [0.15, 0.2) is 146 Å². The highest BCUT2D eigenvalue weighted by Crippen LogP contribution is 2.50. The minimum atomic E-state index is 0.0931. The van der Waals surface area contributed by atoms with E-state index < -0.39 is 0 Å². The molecule has 276 valence electrons. The molecule has 2 heteroatoms. The summed E-state index contributed by atoms with van der Waals surface area (Å²) in [4.78, 5) is 11.2. The van der Waals surface area contributed by atoms with Crippen molar-refractivity contribution in [3.63, 3.8) is 0 Å². The second kappa shape index (κ2) is 11.5. The van der Waals surface area contributed by atoms with Gasteiger partial charge in [-0.3, -0.25) is 0 Å². The lowest BCUT2D eigenvalue weighted by atomic mass is 9.83. The Labute approximate surface area is 337 Å². The van der Waals surface area contributed by atoms with Gasteiger partial charge in [0.15, 0.2) is 0 Å².